The Kier molecular flexibility index (Phi) is 5.19. The van der Waals surface area contributed by atoms with Crippen LogP contribution in [0.1, 0.15) is 5.56 Å². The predicted octanol–water partition coefficient (Wildman–Crippen LogP) is 5.87. The van der Waals surface area contributed by atoms with Crippen molar-refractivity contribution < 1.29 is 35.8 Å². The van der Waals surface area contributed by atoms with Crippen molar-refractivity contribution in [3.8, 4) is 23.0 Å². The minimum atomic E-state index is -4.96. The third-order valence-electron chi connectivity index (χ3n) is 3.73. The molecule has 0 radical (unpaired) electrons. The number of nitrogens with two attached hydrogens (primary N) is 2. The first-order valence-corrected chi connectivity index (χ1v) is 7.91. The van der Waals surface area contributed by atoms with Crippen LogP contribution in [0.2, 0.25) is 0 Å². The van der Waals surface area contributed by atoms with Gasteiger partial charge in [0.2, 0.25) is 0 Å². The van der Waals surface area contributed by atoms with Gasteiger partial charge in [0, 0.05) is 18.2 Å². The molecule has 4 N–H and O–H groups in total. The summed E-state index contributed by atoms with van der Waals surface area (Å²) in [6, 6.07) is 6.88. The lowest BCUT2D eigenvalue weighted by Gasteiger charge is -2.16. The molecular formula is C19H12F6N2O2. The van der Waals surface area contributed by atoms with Gasteiger partial charge in [-0.15, -0.1) is 0 Å². The van der Waals surface area contributed by atoms with E-state index in [9.17, 15) is 26.3 Å². The van der Waals surface area contributed by atoms with Gasteiger partial charge in [-0.2, -0.15) is 13.2 Å². The van der Waals surface area contributed by atoms with E-state index in [1.54, 1.807) is 0 Å². The minimum Gasteiger partial charge on any atom is -0.457 e. The molecule has 3 aromatic rings. The second kappa shape index (κ2) is 7.46. The van der Waals surface area contributed by atoms with E-state index in [0.29, 0.717) is 6.07 Å². The smallest absolute Gasteiger partial charge is 0.420 e. The number of rotatable bonds is 4. The van der Waals surface area contributed by atoms with Crippen LogP contribution in [0.4, 0.5) is 37.7 Å². The van der Waals surface area contributed by atoms with E-state index in [0.717, 1.165) is 36.4 Å². The summed E-state index contributed by atoms with van der Waals surface area (Å²) in [5.41, 5.74) is 8.69. The molecule has 3 rings (SSSR count). The summed E-state index contributed by atoms with van der Waals surface area (Å²) >= 11 is 0. The van der Waals surface area contributed by atoms with Crippen molar-refractivity contribution in [1.82, 2.24) is 0 Å². The number of alkyl halides is 3. The highest BCUT2D eigenvalue weighted by molar-refractivity contribution is 5.51. The molecule has 0 spiro atoms. The third kappa shape index (κ3) is 4.48. The Labute approximate surface area is 160 Å². The Morgan fingerprint density at radius 3 is 1.55 bits per heavy atom. The molecule has 0 amide bonds. The van der Waals surface area contributed by atoms with Crippen LogP contribution in [0, 0.1) is 17.5 Å². The van der Waals surface area contributed by atoms with Crippen LogP contribution in [0.25, 0.3) is 0 Å². The molecule has 0 aliphatic carbocycles. The van der Waals surface area contributed by atoms with Crippen LogP contribution in [-0.4, -0.2) is 0 Å². The number of hydrogen-bond acceptors (Lipinski definition) is 4. The largest absolute Gasteiger partial charge is 0.457 e. The first-order valence-electron chi connectivity index (χ1n) is 7.91. The van der Waals surface area contributed by atoms with Crippen LogP contribution in [0.3, 0.4) is 0 Å². The van der Waals surface area contributed by atoms with Crippen molar-refractivity contribution in [2.75, 3.05) is 11.5 Å². The van der Waals surface area contributed by atoms with Gasteiger partial charge in [-0.25, -0.2) is 13.2 Å². The lowest BCUT2D eigenvalue weighted by molar-refractivity contribution is -0.138. The highest BCUT2D eigenvalue weighted by Gasteiger charge is 2.36. The molecule has 0 aliphatic heterocycles. The maximum Gasteiger partial charge on any atom is 0.420 e. The van der Waals surface area contributed by atoms with E-state index in [-0.39, 0.29) is 28.9 Å². The quantitative estimate of drug-likeness (QED) is 0.414. The lowest BCUT2D eigenvalue weighted by atomic mass is 10.1. The van der Waals surface area contributed by atoms with Gasteiger partial charge in [0.25, 0.3) is 0 Å². The average molecular weight is 414 g/mol. The fourth-order valence-electron chi connectivity index (χ4n) is 2.34. The second-order valence-corrected chi connectivity index (χ2v) is 5.85. The summed E-state index contributed by atoms with van der Waals surface area (Å²) in [7, 11) is 0. The molecule has 0 atom stereocenters. The van der Waals surface area contributed by atoms with Crippen LogP contribution in [-0.2, 0) is 6.18 Å². The maximum atomic E-state index is 14.2. The molecule has 0 aromatic heterocycles. The van der Waals surface area contributed by atoms with Gasteiger partial charge in [-0.1, -0.05) is 0 Å². The summed E-state index contributed by atoms with van der Waals surface area (Å²) in [6.45, 7) is 0. The monoisotopic (exact) mass is 414 g/mol. The maximum absolute atomic E-state index is 14.2. The third-order valence-corrected chi connectivity index (χ3v) is 3.73. The summed E-state index contributed by atoms with van der Waals surface area (Å²) in [5, 5.41) is 0. The molecule has 0 saturated carbocycles. The number of nitrogen functional groups attached to an aromatic ring is 2. The number of benzene rings is 3. The molecule has 4 nitrogen and oxygen atoms in total. The zero-order valence-corrected chi connectivity index (χ0v) is 14.4. The summed E-state index contributed by atoms with van der Waals surface area (Å²) in [6.07, 6.45) is -4.96. The first kappa shape index (κ1) is 20.2. The van der Waals surface area contributed by atoms with E-state index < -0.39 is 40.7 Å². The molecule has 0 fully saturated rings. The van der Waals surface area contributed by atoms with E-state index in [2.05, 4.69) is 0 Å². The highest BCUT2D eigenvalue weighted by Crippen LogP contribution is 2.42. The van der Waals surface area contributed by atoms with Crippen LogP contribution >= 0.6 is 0 Å². The van der Waals surface area contributed by atoms with E-state index in [4.69, 9.17) is 20.9 Å². The van der Waals surface area contributed by atoms with E-state index in [1.807, 2.05) is 0 Å². The van der Waals surface area contributed by atoms with Crippen LogP contribution in [0.5, 0.6) is 23.0 Å². The first-order chi connectivity index (χ1) is 13.5. The van der Waals surface area contributed by atoms with Crippen molar-refractivity contribution in [2.24, 2.45) is 0 Å². The predicted molar refractivity (Wildman–Crippen MR) is 93.2 cm³/mol. The molecule has 0 aliphatic rings. The number of hydrogen-bond donors (Lipinski definition) is 2. The fourth-order valence-corrected chi connectivity index (χ4v) is 2.34. The van der Waals surface area contributed by atoms with E-state index >= 15 is 0 Å². The molecule has 0 unspecified atom stereocenters. The van der Waals surface area contributed by atoms with Crippen molar-refractivity contribution >= 4 is 11.4 Å². The van der Waals surface area contributed by atoms with Crippen molar-refractivity contribution in [3.63, 3.8) is 0 Å². The summed E-state index contributed by atoms with van der Waals surface area (Å²) in [5.74, 6) is -4.64. The molecule has 0 saturated heterocycles. The Morgan fingerprint density at radius 2 is 1.10 bits per heavy atom. The SMILES string of the molecule is Nc1cc(Oc2cc(Oc3ccc(F)c(N)c3)c(C(F)(F)F)cc2F)ccc1F. The molecule has 10 heteroatoms. The van der Waals surface area contributed by atoms with Crippen LogP contribution < -0.4 is 20.9 Å². The van der Waals surface area contributed by atoms with Crippen LogP contribution in [0.15, 0.2) is 48.5 Å². The van der Waals surface area contributed by atoms with Gasteiger partial charge < -0.3 is 20.9 Å². The molecular weight excluding hydrogens is 402 g/mol. The van der Waals surface area contributed by atoms with Gasteiger partial charge in [0.05, 0.1) is 11.4 Å². The van der Waals surface area contributed by atoms with Crippen molar-refractivity contribution in [3.05, 3.63) is 71.5 Å². The van der Waals surface area contributed by atoms with Gasteiger partial charge in [-0.05, 0) is 30.3 Å². The van der Waals surface area contributed by atoms with Gasteiger partial charge in [0.1, 0.15) is 34.4 Å². The molecule has 29 heavy (non-hydrogen) atoms. The summed E-state index contributed by atoms with van der Waals surface area (Å²) < 4.78 is 90.9. The Morgan fingerprint density at radius 1 is 0.621 bits per heavy atom. The Balaban J connectivity index is 2.03. The lowest BCUT2D eigenvalue weighted by Crippen LogP contribution is -2.08. The Hall–Kier alpha value is -3.56. The fraction of sp³-hybridized carbons (Fsp3) is 0.0526. The highest BCUT2D eigenvalue weighted by atomic mass is 19.4. The standard InChI is InChI=1S/C19H12F6N2O2/c20-12-3-1-9(5-15(12)26)28-17-8-18(14(22)7-11(17)19(23,24)25)29-10-2-4-13(21)16(27)6-10/h1-8H,26-27H2. The number of anilines is 2. The van der Waals surface area contributed by atoms with Crippen molar-refractivity contribution in [2.45, 2.75) is 6.18 Å². The summed E-state index contributed by atoms with van der Waals surface area (Å²) in [4.78, 5) is 0. The number of halogens is 6. The number of ether oxygens (including phenoxy) is 2. The Bertz CT molecular complexity index is 1070. The van der Waals surface area contributed by atoms with Gasteiger partial charge >= 0.3 is 6.18 Å². The molecule has 3 aromatic carbocycles. The van der Waals surface area contributed by atoms with Crippen molar-refractivity contribution in [1.29, 1.82) is 0 Å². The van der Waals surface area contributed by atoms with E-state index in [1.165, 1.54) is 0 Å². The normalized spacial score (nSPS) is 11.4. The van der Waals surface area contributed by atoms with Gasteiger partial charge in [0.15, 0.2) is 11.6 Å². The minimum absolute atomic E-state index is 0.112. The zero-order valence-electron chi connectivity index (χ0n) is 14.4. The van der Waals surface area contributed by atoms with Gasteiger partial charge in [-0.3, -0.25) is 0 Å². The zero-order chi connectivity index (χ0) is 21.3. The second-order valence-electron chi connectivity index (χ2n) is 5.85. The molecule has 0 bridgehead atoms. The average Bonchev–Trinajstić information content (AvgIpc) is 2.63. The topological polar surface area (TPSA) is 70.5 Å². The molecule has 0 heterocycles. The molecule has 152 valence electrons.